The summed E-state index contributed by atoms with van der Waals surface area (Å²) in [5, 5.41) is 8.46. The van der Waals surface area contributed by atoms with Crippen molar-refractivity contribution >= 4 is 26.4 Å². The summed E-state index contributed by atoms with van der Waals surface area (Å²) in [5.41, 5.74) is 2.50. The van der Waals surface area contributed by atoms with Crippen molar-refractivity contribution in [1.82, 2.24) is 14.3 Å². The topological polar surface area (TPSA) is 127 Å². The quantitative estimate of drug-likeness (QED) is 0.473. The number of nitriles is 1. The standard InChI is InChI=1S/C23H25N5O4S2/c1-34(31,32)28-15-19-11-18(14-24)7-8-21(19)27(16-20(28)12-17-5-3-2-4-6-17)23(33(29)30)13-22-25-9-10-26-22/h2-11,20,23,33H,12-13,15-16H2,1H3,(H,25,26)/t20-,23?/m1/s1. The fraction of sp³-hybridized carbons (Fsp3) is 0.304. The van der Waals surface area contributed by atoms with Crippen molar-refractivity contribution in [2.24, 2.45) is 0 Å². The van der Waals surface area contributed by atoms with E-state index in [2.05, 4.69) is 16.0 Å². The van der Waals surface area contributed by atoms with Crippen LogP contribution in [0.2, 0.25) is 0 Å². The van der Waals surface area contributed by atoms with Gasteiger partial charge in [0.05, 0.1) is 17.9 Å². The summed E-state index contributed by atoms with van der Waals surface area (Å²) in [6, 6.07) is 16.0. The van der Waals surface area contributed by atoms with E-state index in [4.69, 9.17) is 0 Å². The van der Waals surface area contributed by atoms with Crippen LogP contribution < -0.4 is 4.90 Å². The summed E-state index contributed by atoms with van der Waals surface area (Å²) in [4.78, 5) is 8.87. The molecule has 0 bridgehead atoms. The van der Waals surface area contributed by atoms with E-state index in [0.29, 0.717) is 29.1 Å². The van der Waals surface area contributed by atoms with E-state index in [-0.39, 0.29) is 19.5 Å². The van der Waals surface area contributed by atoms with Crippen LogP contribution in [0.1, 0.15) is 22.5 Å². The van der Waals surface area contributed by atoms with Gasteiger partial charge in [0.1, 0.15) is 11.2 Å². The van der Waals surface area contributed by atoms with Crippen LogP contribution in [0.15, 0.2) is 60.9 Å². The fourth-order valence-corrected chi connectivity index (χ4v) is 6.20. The number of H-pyrrole nitrogens is 1. The van der Waals surface area contributed by atoms with Crippen LogP contribution in [0, 0.1) is 11.3 Å². The van der Waals surface area contributed by atoms with Crippen LogP contribution in [-0.2, 0) is 40.1 Å². The first-order valence-corrected chi connectivity index (χ1v) is 13.8. The second kappa shape index (κ2) is 9.97. The number of imidazole rings is 1. The van der Waals surface area contributed by atoms with Crippen molar-refractivity contribution in [1.29, 1.82) is 5.26 Å². The molecule has 1 unspecified atom stereocenters. The van der Waals surface area contributed by atoms with Gasteiger partial charge in [0.2, 0.25) is 10.0 Å². The molecule has 4 rings (SSSR count). The van der Waals surface area contributed by atoms with Gasteiger partial charge < -0.3 is 9.88 Å². The SMILES string of the molecule is CS(=O)(=O)N1Cc2cc(C#N)ccc2N(C(Cc2ncc[nH]2)[SH](=O)=O)C[C@H]1Cc1ccccc1. The van der Waals surface area contributed by atoms with Gasteiger partial charge in [-0.3, -0.25) is 0 Å². The first kappa shape index (κ1) is 23.9. The summed E-state index contributed by atoms with van der Waals surface area (Å²) in [6.07, 6.45) is 4.87. The molecule has 1 aliphatic heterocycles. The predicted molar refractivity (Wildman–Crippen MR) is 129 cm³/mol. The van der Waals surface area contributed by atoms with Crippen LogP contribution in [-0.4, -0.2) is 55.3 Å². The van der Waals surface area contributed by atoms with Crippen molar-refractivity contribution in [3.63, 3.8) is 0 Å². The molecule has 1 aliphatic rings. The van der Waals surface area contributed by atoms with Gasteiger partial charge in [-0.05, 0) is 35.7 Å². The molecule has 2 heterocycles. The molecule has 2 aromatic carbocycles. The number of hydrogen-bond donors (Lipinski definition) is 2. The number of nitrogens with one attached hydrogen (secondary N) is 1. The highest BCUT2D eigenvalue weighted by molar-refractivity contribution is 7.88. The minimum absolute atomic E-state index is 0.0425. The minimum Gasteiger partial charge on any atom is -0.353 e. The van der Waals surface area contributed by atoms with Gasteiger partial charge in [0, 0.05) is 43.6 Å². The van der Waals surface area contributed by atoms with E-state index in [0.717, 1.165) is 11.8 Å². The lowest BCUT2D eigenvalue weighted by Crippen LogP contribution is -2.49. The Morgan fingerprint density at radius 3 is 2.62 bits per heavy atom. The van der Waals surface area contributed by atoms with Crippen molar-refractivity contribution in [2.45, 2.75) is 30.8 Å². The van der Waals surface area contributed by atoms with E-state index < -0.39 is 32.1 Å². The number of nitrogens with zero attached hydrogens (tertiary/aromatic N) is 4. The number of rotatable bonds is 7. The lowest BCUT2D eigenvalue weighted by Gasteiger charge is -2.34. The van der Waals surface area contributed by atoms with Gasteiger partial charge in [-0.15, -0.1) is 0 Å². The third-order valence-electron chi connectivity index (χ3n) is 5.93. The van der Waals surface area contributed by atoms with Gasteiger partial charge in [-0.2, -0.15) is 9.57 Å². The summed E-state index contributed by atoms with van der Waals surface area (Å²) < 4.78 is 52.1. The Morgan fingerprint density at radius 1 is 1.24 bits per heavy atom. The molecular weight excluding hydrogens is 474 g/mol. The predicted octanol–water partition coefficient (Wildman–Crippen LogP) is 1.65. The molecule has 0 radical (unpaired) electrons. The summed E-state index contributed by atoms with van der Waals surface area (Å²) in [6.45, 7) is 0.205. The van der Waals surface area contributed by atoms with Crippen LogP contribution in [0.5, 0.6) is 0 Å². The van der Waals surface area contributed by atoms with E-state index >= 15 is 0 Å². The van der Waals surface area contributed by atoms with Gasteiger partial charge in [0.25, 0.3) is 0 Å². The Balaban J connectivity index is 1.84. The Morgan fingerprint density at radius 2 is 2.00 bits per heavy atom. The van der Waals surface area contributed by atoms with Gasteiger partial charge >= 0.3 is 0 Å². The van der Waals surface area contributed by atoms with E-state index in [1.807, 2.05) is 30.3 Å². The summed E-state index contributed by atoms with van der Waals surface area (Å²) >= 11 is 0. The number of fused-ring (bicyclic) bond motifs is 1. The zero-order valence-electron chi connectivity index (χ0n) is 18.5. The molecule has 9 nitrogen and oxygen atoms in total. The van der Waals surface area contributed by atoms with Crippen molar-refractivity contribution in [2.75, 3.05) is 17.7 Å². The molecule has 0 aliphatic carbocycles. The lowest BCUT2D eigenvalue weighted by molar-refractivity contribution is 0.319. The Hall–Kier alpha value is -3.20. The third kappa shape index (κ3) is 5.30. The number of thiol groups is 1. The van der Waals surface area contributed by atoms with Gasteiger partial charge in [-0.1, -0.05) is 30.3 Å². The van der Waals surface area contributed by atoms with E-state index in [1.54, 1.807) is 35.5 Å². The van der Waals surface area contributed by atoms with Crippen molar-refractivity contribution in [3.05, 3.63) is 83.4 Å². The first-order chi connectivity index (χ1) is 16.3. The number of benzene rings is 2. The molecule has 178 valence electrons. The van der Waals surface area contributed by atoms with Crippen LogP contribution in [0.4, 0.5) is 5.69 Å². The number of sulfonamides is 1. The number of hydrogen-bond acceptors (Lipinski definition) is 7. The maximum absolute atomic E-state index is 12.9. The first-order valence-electron chi connectivity index (χ1n) is 10.7. The molecule has 2 atom stereocenters. The Kier molecular flexibility index (Phi) is 7.02. The molecule has 0 fully saturated rings. The van der Waals surface area contributed by atoms with Crippen molar-refractivity contribution < 1.29 is 16.8 Å². The number of aromatic nitrogens is 2. The highest BCUT2D eigenvalue weighted by Crippen LogP contribution is 2.33. The molecule has 0 amide bonds. The monoisotopic (exact) mass is 499 g/mol. The molecule has 0 spiro atoms. The average Bonchev–Trinajstić information content (AvgIpc) is 3.26. The molecule has 0 saturated heterocycles. The van der Waals surface area contributed by atoms with E-state index in [1.165, 1.54) is 4.31 Å². The van der Waals surface area contributed by atoms with Crippen molar-refractivity contribution in [3.8, 4) is 6.07 Å². The number of anilines is 1. The second-order valence-corrected chi connectivity index (χ2v) is 11.4. The molecule has 3 aromatic rings. The smallest absolute Gasteiger partial charge is 0.211 e. The minimum atomic E-state index is -3.65. The second-order valence-electron chi connectivity index (χ2n) is 8.27. The van der Waals surface area contributed by atoms with E-state index in [9.17, 15) is 22.1 Å². The maximum atomic E-state index is 12.9. The highest BCUT2D eigenvalue weighted by atomic mass is 32.2. The molecule has 0 saturated carbocycles. The Bertz CT molecular complexity index is 1360. The zero-order chi connectivity index (χ0) is 24.3. The number of aromatic amines is 1. The normalized spacial score (nSPS) is 17.7. The summed E-state index contributed by atoms with van der Waals surface area (Å²) in [5.74, 6) is 0.517. The third-order valence-corrected chi connectivity index (χ3v) is 8.16. The fourth-order valence-electron chi connectivity index (χ4n) is 4.38. The van der Waals surface area contributed by atoms with Crippen LogP contribution in [0.3, 0.4) is 0 Å². The summed E-state index contributed by atoms with van der Waals surface area (Å²) in [7, 11) is -6.57. The lowest BCUT2D eigenvalue weighted by atomic mass is 10.1. The highest BCUT2D eigenvalue weighted by Gasteiger charge is 2.37. The Labute approximate surface area is 200 Å². The molecule has 34 heavy (non-hydrogen) atoms. The van der Waals surface area contributed by atoms with Gasteiger partial charge in [0.15, 0.2) is 10.7 Å². The van der Waals surface area contributed by atoms with Crippen LogP contribution >= 0.6 is 0 Å². The molecule has 11 heteroatoms. The van der Waals surface area contributed by atoms with Gasteiger partial charge in [-0.25, -0.2) is 21.8 Å². The largest absolute Gasteiger partial charge is 0.353 e. The van der Waals surface area contributed by atoms with Crippen LogP contribution in [0.25, 0.3) is 0 Å². The zero-order valence-corrected chi connectivity index (χ0v) is 20.2. The molecular formula is C23H25N5O4S2. The molecule has 1 aromatic heterocycles. The molecule has 1 N–H and O–H groups in total. The average molecular weight is 500 g/mol. The maximum Gasteiger partial charge on any atom is 0.211 e.